The average molecular weight is 370 g/mol. The molecule has 0 amide bonds. The molecule has 28 heavy (non-hydrogen) atoms. The van der Waals surface area contributed by atoms with E-state index in [2.05, 4.69) is 73.9 Å². The summed E-state index contributed by atoms with van der Waals surface area (Å²) < 4.78 is 8.35. The number of imidazole rings is 1. The zero-order chi connectivity index (χ0) is 19.5. The highest BCUT2D eigenvalue weighted by Gasteiger charge is 2.13. The Balaban J connectivity index is 1.65. The number of hydrogen-bond acceptors (Lipinski definition) is 2. The van der Waals surface area contributed by atoms with Crippen molar-refractivity contribution in [1.29, 1.82) is 0 Å². The smallest absolute Gasteiger partial charge is 0.148 e. The Bertz CT molecular complexity index is 1090. The molecule has 3 heteroatoms. The molecule has 0 N–H and O–H groups in total. The molecule has 1 heterocycles. The Hall–Kier alpha value is -3.07. The summed E-state index contributed by atoms with van der Waals surface area (Å²) >= 11 is 0. The summed E-state index contributed by atoms with van der Waals surface area (Å²) in [5.41, 5.74) is 7.35. The predicted octanol–water partition coefficient (Wildman–Crippen LogP) is 5.84. The van der Waals surface area contributed by atoms with E-state index in [0.29, 0.717) is 6.61 Å². The van der Waals surface area contributed by atoms with Crippen LogP contribution in [0.15, 0.2) is 66.7 Å². The van der Waals surface area contributed by atoms with Crippen molar-refractivity contribution in [2.75, 3.05) is 0 Å². The van der Waals surface area contributed by atoms with Crippen molar-refractivity contribution < 1.29 is 4.74 Å². The van der Waals surface area contributed by atoms with E-state index in [4.69, 9.17) is 9.72 Å². The largest absolute Gasteiger partial charge is 0.486 e. The van der Waals surface area contributed by atoms with Crippen LogP contribution in [0.3, 0.4) is 0 Å². The maximum atomic E-state index is 6.07. The quantitative estimate of drug-likeness (QED) is 0.426. The van der Waals surface area contributed by atoms with Gasteiger partial charge in [0.2, 0.25) is 0 Å². The van der Waals surface area contributed by atoms with Gasteiger partial charge in [-0.1, -0.05) is 55.0 Å². The minimum absolute atomic E-state index is 0.449. The van der Waals surface area contributed by atoms with Crippen LogP contribution in [-0.4, -0.2) is 9.55 Å². The van der Waals surface area contributed by atoms with Crippen molar-refractivity contribution in [3.05, 3.63) is 94.8 Å². The Morgan fingerprint density at radius 1 is 0.929 bits per heavy atom. The summed E-state index contributed by atoms with van der Waals surface area (Å²) in [5.74, 6) is 1.82. The third-order valence-corrected chi connectivity index (χ3v) is 5.27. The first-order chi connectivity index (χ1) is 13.6. The Morgan fingerprint density at radius 3 is 2.50 bits per heavy atom. The van der Waals surface area contributed by atoms with Gasteiger partial charge in [0, 0.05) is 6.54 Å². The van der Waals surface area contributed by atoms with Crippen LogP contribution < -0.4 is 4.74 Å². The highest BCUT2D eigenvalue weighted by Crippen LogP contribution is 2.22. The topological polar surface area (TPSA) is 27.1 Å². The van der Waals surface area contributed by atoms with Gasteiger partial charge in [-0.25, -0.2) is 4.98 Å². The Kier molecular flexibility index (Phi) is 5.16. The lowest BCUT2D eigenvalue weighted by Crippen LogP contribution is -2.09. The maximum absolute atomic E-state index is 6.07. The minimum Gasteiger partial charge on any atom is -0.486 e. The van der Waals surface area contributed by atoms with E-state index in [1.54, 1.807) is 0 Å². The molecule has 0 aliphatic heterocycles. The van der Waals surface area contributed by atoms with Crippen LogP contribution in [0.5, 0.6) is 5.75 Å². The summed E-state index contributed by atoms with van der Waals surface area (Å²) in [6, 6.07) is 23.2. The number of rotatable bonds is 6. The van der Waals surface area contributed by atoms with Gasteiger partial charge < -0.3 is 9.30 Å². The molecule has 0 saturated heterocycles. The van der Waals surface area contributed by atoms with E-state index in [1.807, 2.05) is 18.2 Å². The van der Waals surface area contributed by atoms with Gasteiger partial charge in [0.1, 0.15) is 18.2 Å². The van der Waals surface area contributed by atoms with Crippen molar-refractivity contribution in [3.63, 3.8) is 0 Å². The van der Waals surface area contributed by atoms with Crippen LogP contribution in [0.25, 0.3) is 11.0 Å². The van der Waals surface area contributed by atoms with Crippen molar-refractivity contribution in [2.24, 2.45) is 0 Å². The van der Waals surface area contributed by atoms with Gasteiger partial charge in [-0.2, -0.15) is 0 Å². The molecule has 0 saturated carbocycles. The van der Waals surface area contributed by atoms with Gasteiger partial charge in [-0.15, -0.1) is 0 Å². The number of ether oxygens (including phenoxy) is 1. The molecule has 0 unspecified atom stereocenters. The molecule has 0 atom stereocenters. The van der Waals surface area contributed by atoms with Crippen molar-refractivity contribution in [2.45, 2.75) is 40.3 Å². The highest BCUT2D eigenvalue weighted by molar-refractivity contribution is 5.76. The summed E-state index contributed by atoms with van der Waals surface area (Å²) in [6.07, 6.45) is 1.03. The Morgan fingerprint density at radius 2 is 1.71 bits per heavy atom. The van der Waals surface area contributed by atoms with Crippen LogP contribution in [-0.2, 0) is 19.6 Å². The summed E-state index contributed by atoms with van der Waals surface area (Å²) in [5, 5.41) is 0. The Labute approximate surface area is 166 Å². The molecule has 0 aliphatic carbocycles. The molecule has 3 nitrogen and oxygen atoms in total. The first kappa shape index (κ1) is 18.3. The minimum atomic E-state index is 0.449. The lowest BCUT2D eigenvalue weighted by Gasteiger charge is -2.13. The molecule has 0 bridgehead atoms. The van der Waals surface area contributed by atoms with Crippen LogP contribution in [0.2, 0.25) is 0 Å². The number of aromatic nitrogens is 2. The van der Waals surface area contributed by atoms with Gasteiger partial charge in [0.05, 0.1) is 11.0 Å². The second kappa shape index (κ2) is 7.89. The zero-order valence-corrected chi connectivity index (χ0v) is 16.8. The van der Waals surface area contributed by atoms with Gasteiger partial charge in [-0.3, -0.25) is 0 Å². The first-order valence-electron chi connectivity index (χ1n) is 9.86. The number of fused-ring (bicyclic) bond motifs is 1. The molecular weight excluding hydrogens is 344 g/mol. The molecule has 0 spiro atoms. The SMILES string of the molecule is CCc1ccc(OCc2nc3ccccc3n2Cc2cc(C)ccc2C)cc1. The van der Waals surface area contributed by atoms with Crippen LogP contribution in [0, 0.1) is 13.8 Å². The van der Waals surface area contributed by atoms with Crippen molar-refractivity contribution in [3.8, 4) is 5.75 Å². The maximum Gasteiger partial charge on any atom is 0.148 e. The second-order valence-corrected chi connectivity index (χ2v) is 7.32. The van der Waals surface area contributed by atoms with E-state index in [9.17, 15) is 0 Å². The van der Waals surface area contributed by atoms with Crippen LogP contribution >= 0.6 is 0 Å². The molecule has 0 radical (unpaired) electrons. The molecule has 0 fully saturated rings. The van der Waals surface area contributed by atoms with Gasteiger partial charge >= 0.3 is 0 Å². The fourth-order valence-corrected chi connectivity index (χ4v) is 3.52. The first-order valence-corrected chi connectivity index (χ1v) is 9.86. The number of benzene rings is 3. The van der Waals surface area contributed by atoms with Crippen molar-refractivity contribution >= 4 is 11.0 Å². The van der Waals surface area contributed by atoms with Gasteiger partial charge in [0.15, 0.2) is 0 Å². The lowest BCUT2D eigenvalue weighted by molar-refractivity contribution is 0.291. The molecular formula is C25H26N2O. The van der Waals surface area contributed by atoms with Gasteiger partial charge in [-0.05, 0) is 61.2 Å². The van der Waals surface area contributed by atoms with E-state index in [1.165, 1.54) is 22.3 Å². The number of para-hydroxylation sites is 2. The number of hydrogen-bond donors (Lipinski definition) is 0. The van der Waals surface area contributed by atoms with E-state index in [0.717, 1.165) is 35.6 Å². The monoisotopic (exact) mass is 370 g/mol. The third kappa shape index (κ3) is 3.79. The van der Waals surface area contributed by atoms with Crippen LogP contribution in [0.1, 0.15) is 35.0 Å². The normalized spacial score (nSPS) is 11.1. The van der Waals surface area contributed by atoms with Crippen molar-refractivity contribution in [1.82, 2.24) is 9.55 Å². The number of aryl methyl sites for hydroxylation is 3. The number of nitrogens with zero attached hydrogens (tertiary/aromatic N) is 2. The van der Waals surface area contributed by atoms with Gasteiger partial charge in [0.25, 0.3) is 0 Å². The van der Waals surface area contributed by atoms with E-state index >= 15 is 0 Å². The third-order valence-electron chi connectivity index (χ3n) is 5.27. The molecule has 4 rings (SSSR count). The fourth-order valence-electron chi connectivity index (χ4n) is 3.52. The molecule has 4 aromatic rings. The average Bonchev–Trinajstić information content (AvgIpc) is 3.07. The molecule has 142 valence electrons. The molecule has 0 aliphatic rings. The van der Waals surface area contributed by atoms with Crippen LogP contribution in [0.4, 0.5) is 0 Å². The van der Waals surface area contributed by atoms with E-state index in [-0.39, 0.29) is 0 Å². The molecule has 3 aromatic carbocycles. The summed E-state index contributed by atoms with van der Waals surface area (Å²) in [4.78, 5) is 4.85. The standard InChI is InChI=1S/C25H26N2O/c1-4-20-11-13-22(14-12-20)28-17-25-26-23-7-5-6-8-24(23)27(25)16-21-15-18(2)9-10-19(21)3/h5-15H,4,16-17H2,1-3H3. The summed E-state index contributed by atoms with van der Waals surface area (Å²) in [7, 11) is 0. The fraction of sp³-hybridized carbons (Fsp3) is 0.240. The van der Waals surface area contributed by atoms with E-state index < -0.39 is 0 Å². The highest BCUT2D eigenvalue weighted by atomic mass is 16.5. The lowest BCUT2D eigenvalue weighted by atomic mass is 10.1. The zero-order valence-electron chi connectivity index (χ0n) is 16.8. The second-order valence-electron chi connectivity index (χ2n) is 7.32. The summed E-state index contributed by atoms with van der Waals surface area (Å²) in [6.45, 7) is 7.70. The molecule has 1 aromatic heterocycles. The predicted molar refractivity (Wildman–Crippen MR) is 115 cm³/mol.